The molecule has 116 valence electrons. The van der Waals surface area contributed by atoms with E-state index in [4.69, 9.17) is 0 Å². The smallest absolute Gasteiger partial charge is 0.224 e. The van der Waals surface area contributed by atoms with Crippen LogP contribution in [0.15, 0.2) is 42.6 Å². The molecule has 1 N–H and O–H groups in total. The minimum absolute atomic E-state index is 0.356. The molecule has 1 aromatic heterocycles. The Labute approximate surface area is 132 Å². The van der Waals surface area contributed by atoms with Gasteiger partial charge in [0.05, 0.1) is 0 Å². The standard InChI is InChI=1S/C18H24N4/c1-15(9-10-16-7-3-2-4-8-16)20-18-19-12-11-17(21-18)22-13-5-6-14-22/h2-4,7-8,11-12,15H,5-6,9-10,13-14H2,1H3,(H,19,20,21). The second kappa shape index (κ2) is 7.25. The maximum Gasteiger partial charge on any atom is 0.224 e. The number of aromatic nitrogens is 2. The molecule has 3 rings (SSSR count). The van der Waals surface area contributed by atoms with Crippen LogP contribution in [0.4, 0.5) is 11.8 Å². The van der Waals surface area contributed by atoms with Crippen molar-refractivity contribution in [3.05, 3.63) is 48.2 Å². The van der Waals surface area contributed by atoms with Crippen molar-refractivity contribution in [1.82, 2.24) is 9.97 Å². The summed E-state index contributed by atoms with van der Waals surface area (Å²) in [6.45, 7) is 4.41. The minimum Gasteiger partial charge on any atom is -0.356 e. The molecule has 0 spiro atoms. The molecule has 0 saturated carbocycles. The highest BCUT2D eigenvalue weighted by molar-refractivity contribution is 5.43. The number of hydrogen-bond acceptors (Lipinski definition) is 4. The molecule has 0 radical (unpaired) electrons. The molecule has 4 nitrogen and oxygen atoms in total. The SMILES string of the molecule is CC(CCc1ccccc1)Nc1nccc(N2CCCC2)n1. The first-order chi connectivity index (χ1) is 10.8. The van der Waals surface area contributed by atoms with Gasteiger partial charge in [-0.3, -0.25) is 0 Å². The summed E-state index contributed by atoms with van der Waals surface area (Å²) in [5, 5.41) is 3.43. The molecule has 4 heteroatoms. The lowest BCUT2D eigenvalue weighted by atomic mass is 10.1. The molecule has 1 aliphatic rings. The maximum atomic E-state index is 4.65. The molecule has 22 heavy (non-hydrogen) atoms. The van der Waals surface area contributed by atoms with Crippen LogP contribution in [0.25, 0.3) is 0 Å². The lowest BCUT2D eigenvalue weighted by Gasteiger charge is -2.18. The Morgan fingerprint density at radius 1 is 1.14 bits per heavy atom. The topological polar surface area (TPSA) is 41.1 Å². The van der Waals surface area contributed by atoms with Crippen molar-refractivity contribution in [2.75, 3.05) is 23.3 Å². The molecule has 2 aromatic rings. The van der Waals surface area contributed by atoms with Gasteiger partial charge in [-0.05, 0) is 44.2 Å². The molecule has 1 aliphatic heterocycles. The molecule has 1 fully saturated rings. The van der Waals surface area contributed by atoms with Gasteiger partial charge in [-0.15, -0.1) is 0 Å². The van der Waals surface area contributed by atoms with Gasteiger partial charge in [0.25, 0.3) is 0 Å². The number of rotatable bonds is 6. The highest BCUT2D eigenvalue weighted by atomic mass is 15.2. The van der Waals surface area contributed by atoms with Gasteiger partial charge in [0.1, 0.15) is 5.82 Å². The Balaban J connectivity index is 1.54. The van der Waals surface area contributed by atoms with E-state index >= 15 is 0 Å². The monoisotopic (exact) mass is 296 g/mol. The Kier molecular flexibility index (Phi) is 4.88. The normalized spacial score (nSPS) is 15.8. The van der Waals surface area contributed by atoms with Gasteiger partial charge in [-0.2, -0.15) is 4.98 Å². The Morgan fingerprint density at radius 3 is 2.68 bits per heavy atom. The van der Waals surface area contributed by atoms with Crippen LogP contribution in [0.1, 0.15) is 31.7 Å². The van der Waals surface area contributed by atoms with Gasteiger partial charge in [-0.1, -0.05) is 30.3 Å². The summed E-state index contributed by atoms with van der Waals surface area (Å²) in [7, 11) is 0. The van der Waals surface area contributed by atoms with Crippen LogP contribution in [0.3, 0.4) is 0 Å². The van der Waals surface area contributed by atoms with Crippen molar-refractivity contribution >= 4 is 11.8 Å². The van der Waals surface area contributed by atoms with Crippen LogP contribution in [0.5, 0.6) is 0 Å². The van der Waals surface area contributed by atoms with E-state index in [1.54, 1.807) is 0 Å². The summed E-state index contributed by atoms with van der Waals surface area (Å²) >= 11 is 0. The molecule has 1 saturated heterocycles. The number of anilines is 2. The number of nitrogens with one attached hydrogen (secondary N) is 1. The van der Waals surface area contributed by atoms with Gasteiger partial charge in [0, 0.05) is 25.3 Å². The zero-order chi connectivity index (χ0) is 15.2. The number of hydrogen-bond donors (Lipinski definition) is 1. The lowest BCUT2D eigenvalue weighted by Crippen LogP contribution is -2.22. The minimum atomic E-state index is 0.356. The molecule has 1 aromatic carbocycles. The third kappa shape index (κ3) is 3.97. The van der Waals surface area contributed by atoms with Crippen molar-refractivity contribution in [2.45, 2.75) is 38.6 Å². The summed E-state index contributed by atoms with van der Waals surface area (Å²) in [6.07, 6.45) is 6.52. The lowest BCUT2D eigenvalue weighted by molar-refractivity contribution is 0.698. The summed E-state index contributed by atoms with van der Waals surface area (Å²) in [4.78, 5) is 11.3. The van der Waals surface area contributed by atoms with Crippen LogP contribution in [0, 0.1) is 0 Å². The Hall–Kier alpha value is -2.10. The predicted molar refractivity (Wildman–Crippen MR) is 91.3 cm³/mol. The van der Waals surface area contributed by atoms with Crippen LogP contribution < -0.4 is 10.2 Å². The molecular formula is C18H24N4. The zero-order valence-corrected chi connectivity index (χ0v) is 13.2. The van der Waals surface area contributed by atoms with Gasteiger partial charge < -0.3 is 10.2 Å². The fourth-order valence-electron chi connectivity index (χ4n) is 2.86. The van der Waals surface area contributed by atoms with E-state index in [0.29, 0.717) is 6.04 Å². The zero-order valence-electron chi connectivity index (χ0n) is 13.2. The third-order valence-corrected chi connectivity index (χ3v) is 4.16. The maximum absolute atomic E-state index is 4.65. The van der Waals surface area contributed by atoms with Crippen molar-refractivity contribution in [2.24, 2.45) is 0 Å². The average Bonchev–Trinajstić information content (AvgIpc) is 3.09. The predicted octanol–water partition coefficient (Wildman–Crippen LogP) is 3.51. The van der Waals surface area contributed by atoms with E-state index in [1.807, 2.05) is 12.3 Å². The Morgan fingerprint density at radius 2 is 1.91 bits per heavy atom. The second-order valence-corrected chi connectivity index (χ2v) is 6.00. The van der Waals surface area contributed by atoms with Gasteiger partial charge in [0.15, 0.2) is 0 Å². The van der Waals surface area contributed by atoms with Crippen LogP contribution in [-0.2, 0) is 6.42 Å². The van der Waals surface area contributed by atoms with Crippen LogP contribution >= 0.6 is 0 Å². The molecule has 0 amide bonds. The van der Waals surface area contributed by atoms with E-state index in [1.165, 1.54) is 18.4 Å². The quantitative estimate of drug-likeness (QED) is 0.885. The number of benzene rings is 1. The summed E-state index contributed by atoms with van der Waals surface area (Å²) in [6, 6.07) is 13.0. The van der Waals surface area contributed by atoms with E-state index in [9.17, 15) is 0 Å². The fourth-order valence-corrected chi connectivity index (χ4v) is 2.86. The molecule has 1 atom stereocenters. The molecule has 2 heterocycles. The fraction of sp³-hybridized carbons (Fsp3) is 0.444. The molecule has 0 bridgehead atoms. The van der Waals surface area contributed by atoms with E-state index in [2.05, 4.69) is 57.4 Å². The van der Waals surface area contributed by atoms with E-state index in [0.717, 1.165) is 37.7 Å². The van der Waals surface area contributed by atoms with Crippen molar-refractivity contribution < 1.29 is 0 Å². The third-order valence-electron chi connectivity index (χ3n) is 4.16. The number of nitrogens with zero attached hydrogens (tertiary/aromatic N) is 3. The average molecular weight is 296 g/mol. The summed E-state index contributed by atoms with van der Waals surface area (Å²) < 4.78 is 0. The highest BCUT2D eigenvalue weighted by Crippen LogP contribution is 2.18. The van der Waals surface area contributed by atoms with Crippen LogP contribution in [-0.4, -0.2) is 29.1 Å². The van der Waals surface area contributed by atoms with Gasteiger partial charge in [0.2, 0.25) is 5.95 Å². The molecule has 1 unspecified atom stereocenters. The summed E-state index contributed by atoms with van der Waals surface area (Å²) in [5.41, 5.74) is 1.38. The van der Waals surface area contributed by atoms with Crippen molar-refractivity contribution in [3.8, 4) is 0 Å². The molecule has 0 aliphatic carbocycles. The van der Waals surface area contributed by atoms with E-state index < -0.39 is 0 Å². The first-order valence-corrected chi connectivity index (χ1v) is 8.20. The highest BCUT2D eigenvalue weighted by Gasteiger charge is 2.14. The summed E-state index contributed by atoms with van der Waals surface area (Å²) in [5.74, 6) is 1.79. The molecular weight excluding hydrogens is 272 g/mol. The first kappa shape index (κ1) is 14.8. The van der Waals surface area contributed by atoms with Gasteiger partial charge in [-0.25, -0.2) is 4.98 Å². The van der Waals surface area contributed by atoms with Crippen LogP contribution in [0.2, 0.25) is 0 Å². The van der Waals surface area contributed by atoms with E-state index in [-0.39, 0.29) is 0 Å². The van der Waals surface area contributed by atoms with Gasteiger partial charge >= 0.3 is 0 Å². The first-order valence-electron chi connectivity index (χ1n) is 8.20. The number of aryl methyl sites for hydroxylation is 1. The second-order valence-electron chi connectivity index (χ2n) is 6.00. The van der Waals surface area contributed by atoms with Crippen molar-refractivity contribution in [1.29, 1.82) is 0 Å². The van der Waals surface area contributed by atoms with Crippen molar-refractivity contribution in [3.63, 3.8) is 0 Å². The largest absolute Gasteiger partial charge is 0.356 e. The Bertz CT molecular complexity index is 579.